The largest absolute Gasteiger partial charge is 0.360 e. The average Bonchev–Trinajstić information content (AvgIpc) is 3.11. The van der Waals surface area contributed by atoms with Crippen molar-refractivity contribution >= 4 is 63.0 Å². The first kappa shape index (κ1) is 33.9. The SMILES string of the molecule is CC(C)[Si](C#Cc1c2cc3ccccc3cc2c(C#Cc2ccc(C3=NN(C)C(=O)N(C)[N]3)cc2)c2cc3ccccc3cc12)(C(C)C)C(C)C. The molecular formula is C45H43N4OSi. The number of nitrogens with zero attached hydrogens (tertiary/aromatic N) is 4. The van der Waals surface area contributed by atoms with Crippen LogP contribution < -0.4 is 5.43 Å². The molecule has 5 nitrogen and oxygen atoms in total. The standard InChI is InChI=1S/C45H43N4OSi/c1-29(2)51(30(3)4,31(5)6)24-23-39-42-27-36-15-11-9-13-34(36)25-40(42)38(41-26-35-14-10-12-16-37(35)28-43(39)41)22-19-32-17-20-33(21-18-32)44-46-48(7)45(50)49(8)47-44/h9-18,20-21,25-31H,1-8H3. The van der Waals surface area contributed by atoms with Crippen LogP contribution in [0.1, 0.15) is 63.8 Å². The van der Waals surface area contributed by atoms with E-state index in [-0.39, 0.29) is 6.03 Å². The summed E-state index contributed by atoms with van der Waals surface area (Å²) in [6.45, 7) is 14.2. The van der Waals surface area contributed by atoms with E-state index < -0.39 is 8.07 Å². The van der Waals surface area contributed by atoms with Gasteiger partial charge in [-0.3, -0.25) is 0 Å². The monoisotopic (exact) mass is 683 g/mol. The minimum atomic E-state index is -2.02. The van der Waals surface area contributed by atoms with Crippen molar-refractivity contribution in [1.82, 2.24) is 15.4 Å². The lowest BCUT2D eigenvalue weighted by Crippen LogP contribution is -2.48. The first-order chi connectivity index (χ1) is 24.5. The molecule has 0 unspecified atom stereocenters. The van der Waals surface area contributed by atoms with Gasteiger partial charge in [0.05, 0.1) is 0 Å². The van der Waals surface area contributed by atoms with Gasteiger partial charge in [-0.1, -0.05) is 108 Å². The molecule has 0 atom stereocenters. The average molecular weight is 684 g/mol. The van der Waals surface area contributed by atoms with Crippen molar-refractivity contribution in [2.75, 3.05) is 14.1 Å². The van der Waals surface area contributed by atoms with Crippen molar-refractivity contribution in [3.05, 3.63) is 119 Å². The lowest BCUT2D eigenvalue weighted by molar-refractivity contribution is 0.155. The molecule has 0 bridgehead atoms. The number of fused-ring (bicyclic) bond motifs is 4. The Hall–Kier alpha value is -5.56. The summed E-state index contributed by atoms with van der Waals surface area (Å²) in [5, 5.41) is 16.2. The second-order valence-electron chi connectivity index (χ2n) is 14.6. The maximum atomic E-state index is 12.1. The van der Waals surface area contributed by atoms with Gasteiger partial charge in [0.15, 0.2) is 5.84 Å². The lowest BCUT2D eigenvalue weighted by Gasteiger charge is -2.38. The molecule has 0 spiro atoms. The fraction of sp³-hybridized carbons (Fsp3) is 0.244. The fourth-order valence-electron chi connectivity index (χ4n) is 8.02. The van der Waals surface area contributed by atoms with E-state index in [0.29, 0.717) is 22.5 Å². The molecule has 6 aromatic rings. The molecule has 0 aromatic heterocycles. The van der Waals surface area contributed by atoms with E-state index in [9.17, 15) is 4.79 Å². The summed E-state index contributed by atoms with van der Waals surface area (Å²) in [5.41, 5.74) is 13.8. The molecule has 6 heteroatoms. The number of urea groups is 1. The number of carbonyl (C=O) groups is 1. The van der Waals surface area contributed by atoms with Crippen LogP contribution in [0.2, 0.25) is 16.6 Å². The smallest absolute Gasteiger partial charge is 0.244 e. The molecule has 6 aromatic carbocycles. The molecule has 0 N–H and O–H groups in total. The highest BCUT2D eigenvalue weighted by Gasteiger charge is 2.41. The Bertz CT molecular complexity index is 2390. The molecule has 1 aliphatic rings. The van der Waals surface area contributed by atoms with Crippen molar-refractivity contribution in [1.29, 1.82) is 0 Å². The fourth-order valence-corrected chi connectivity index (χ4v) is 13.2. The number of hydrogen-bond donors (Lipinski definition) is 0. The van der Waals surface area contributed by atoms with E-state index in [4.69, 9.17) is 0 Å². The van der Waals surface area contributed by atoms with Gasteiger partial charge in [0.2, 0.25) is 0 Å². The third-order valence-corrected chi connectivity index (χ3v) is 16.9. The van der Waals surface area contributed by atoms with Gasteiger partial charge in [0.1, 0.15) is 8.07 Å². The summed E-state index contributed by atoms with van der Waals surface area (Å²) >= 11 is 0. The van der Waals surface area contributed by atoms with E-state index in [2.05, 4.69) is 148 Å². The molecular weight excluding hydrogens is 641 g/mol. The Kier molecular flexibility index (Phi) is 8.83. The predicted octanol–water partition coefficient (Wildman–Crippen LogP) is 10.4. The zero-order chi connectivity index (χ0) is 36.0. The van der Waals surface area contributed by atoms with Gasteiger partial charge < -0.3 is 0 Å². The summed E-state index contributed by atoms with van der Waals surface area (Å²) in [6.07, 6.45) is 0. The number of hydrazone groups is 1. The van der Waals surface area contributed by atoms with Crippen molar-refractivity contribution in [2.45, 2.75) is 58.2 Å². The van der Waals surface area contributed by atoms with Crippen molar-refractivity contribution < 1.29 is 4.79 Å². The summed E-state index contributed by atoms with van der Waals surface area (Å²) in [6, 6.07) is 34.0. The quantitative estimate of drug-likeness (QED) is 0.104. The maximum Gasteiger partial charge on any atom is 0.360 e. The normalized spacial score (nSPS) is 13.5. The van der Waals surface area contributed by atoms with Crippen LogP contribution in [0.5, 0.6) is 0 Å². The van der Waals surface area contributed by atoms with Gasteiger partial charge in [-0.15, -0.1) is 16.1 Å². The number of amides is 2. The molecule has 1 radical (unpaired) electrons. The van der Waals surface area contributed by atoms with Crippen molar-refractivity contribution in [3.63, 3.8) is 0 Å². The Morgan fingerprint density at radius 2 is 1.00 bits per heavy atom. The number of benzene rings is 6. The first-order valence-electron chi connectivity index (χ1n) is 17.8. The number of carbonyl (C=O) groups excluding carboxylic acids is 1. The van der Waals surface area contributed by atoms with Crippen LogP contribution in [-0.2, 0) is 0 Å². The van der Waals surface area contributed by atoms with E-state index in [1.165, 1.54) is 31.6 Å². The third kappa shape index (κ3) is 6.01. The van der Waals surface area contributed by atoms with Gasteiger partial charge in [0.25, 0.3) is 0 Å². The molecule has 0 saturated heterocycles. The molecule has 253 valence electrons. The summed E-state index contributed by atoms with van der Waals surface area (Å²) in [5.74, 6) is 11.5. The lowest BCUT2D eigenvalue weighted by atomic mass is 9.89. The Labute approximate surface area is 302 Å². The van der Waals surface area contributed by atoms with E-state index in [1.54, 1.807) is 14.1 Å². The Morgan fingerprint density at radius 3 is 1.41 bits per heavy atom. The molecule has 51 heavy (non-hydrogen) atoms. The minimum Gasteiger partial charge on any atom is -0.244 e. The highest BCUT2D eigenvalue weighted by atomic mass is 28.3. The van der Waals surface area contributed by atoms with Gasteiger partial charge in [0, 0.05) is 36.3 Å². The second-order valence-corrected chi connectivity index (χ2v) is 20.1. The van der Waals surface area contributed by atoms with Crippen LogP contribution >= 0.6 is 0 Å². The first-order valence-corrected chi connectivity index (χ1v) is 20.0. The molecule has 7 rings (SSSR count). The topological polar surface area (TPSA) is 50.0 Å². The summed E-state index contributed by atoms with van der Waals surface area (Å²) in [4.78, 5) is 12.1. The Balaban J connectivity index is 1.49. The summed E-state index contributed by atoms with van der Waals surface area (Å²) in [7, 11) is 1.24. The van der Waals surface area contributed by atoms with Gasteiger partial charge in [-0.05, 0) is 108 Å². The minimum absolute atomic E-state index is 0.278. The van der Waals surface area contributed by atoms with Crippen LogP contribution in [0, 0.1) is 23.3 Å². The Morgan fingerprint density at radius 1 is 0.569 bits per heavy atom. The van der Waals surface area contributed by atoms with Crippen LogP contribution in [0.3, 0.4) is 0 Å². The molecule has 1 heterocycles. The van der Waals surface area contributed by atoms with E-state index in [1.807, 2.05) is 24.3 Å². The van der Waals surface area contributed by atoms with E-state index >= 15 is 0 Å². The zero-order valence-electron chi connectivity index (χ0n) is 30.7. The van der Waals surface area contributed by atoms with Gasteiger partial charge >= 0.3 is 6.03 Å². The molecule has 0 fully saturated rings. The highest BCUT2D eigenvalue weighted by molar-refractivity contribution is 6.90. The molecule has 0 saturated carbocycles. The molecule has 2 amide bonds. The number of amidine groups is 1. The predicted molar refractivity (Wildman–Crippen MR) is 216 cm³/mol. The van der Waals surface area contributed by atoms with Gasteiger partial charge in [-0.2, -0.15) is 0 Å². The maximum absolute atomic E-state index is 12.1. The van der Waals surface area contributed by atoms with Crippen molar-refractivity contribution in [3.8, 4) is 23.3 Å². The van der Waals surface area contributed by atoms with Crippen LogP contribution in [0.4, 0.5) is 4.79 Å². The van der Waals surface area contributed by atoms with Gasteiger partial charge in [-0.25, -0.2) is 14.8 Å². The molecule has 1 aliphatic heterocycles. The number of hydrogen-bond acceptors (Lipinski definition) is 2. The summed E-state index contributed by atoms with van der Waals surface area (Å²) < 4.78 is 0. The third-order valence-electron chi connectivity index (χ3n) is 10.6. The van der Waals surface area contributed by atoms with Crippen molar-refractivity contribution in [2.24, 2.45) is 5.10 Å². The van der Waals surface area contributed by atoms with E-state index in [0.717, 1.165) is 43.8 Å². The number of rotatable bonds is 4. The van der Waals surface area contributed by atoms with Crippen LogP contribution in [0.25, 0.3) is 43.1 Å². The molecule has 0 aliphatic carbocycles. The highest BCUT2D eigenvalue weighted by Crippen LogP contribution is 2.42. The van der Waals surface area contributed by atoms with Crippen LogP contribution in [-0.4, -0.2) is 44.1 Å². The van der Waals surface area contributed by atoms with Crippen LogP contribution in [0.15, 0.2) is 102 Å². The zero-order valence-corrected chi connectivity index (χ0v) is 31.7. The second kappa shape index (κ2) is 13.3.